The third-order valence-corrected chi connectivity index (χ3v) is 2.29. The van der Waals surface area contributed by atoms with Crippen LogP contribution < -0.4 is 11.1 Å². The van der Waals surface area contributed by atoms with Crippen LogP contribution in [0.5, 0.6) is 0 Å². The molecule has 1 amide bonds. The maximum Gasteiger partial charge on any atom is 0.441 e. The monoisotopic (exact) mass is 266 g/mol. The van der Waals surface area contributed by atoms with Gasteiger partial charge in [-0.05, 0) is 11.8 Å². The number of rotatable bonds is 4. The predicted octanol–water partition coefficient (Wildman–Crippen LogP) is 1.04. The van der Waals surface area contributed by atoms with E-state index in [1.165, 1.54) is 6.20 Å². The van der Waals surface area contributed by atoms with Gasteiger partial charge in [0.1, 0.15) is 11.5 Å². The minimum Gasteiger partial charge on any atom is -0.382 e. The van der Waals surface area contributed by atoms with Gasteiger partial charge in [-0.25, -0.2) is 9.97 Å². The lowest BCUT2D eigenvalue weighted by atomic mass is 10.4. The highest BCUT2D eigenvalue weighted by molar-refractivity contribution is 8.00. The Bertz CT molecular complexity index is 381. The molecule has 0 aliphatic rings. The number of thioether (sulfide) groups is 1. The van der Waals surface area contributed by atoms with Gasteiger partial charge in [-0.1, -0.05) is 0 Å². The third kappa shape index (κ3) is 5.38. The van der Waals surface area contributed by atoms with Crippen LogP contribution in [0, 0.1) is 0 Å². The zero-order valence-corrected chi connectivity index (χ0v) is 9.31. The van der Waals surface area contributed by atoms with E-state index in [0.29, 0.717) is 0 Å². The van der Waals surface area contributed by atoms with Crippen LogP contribution in [0.25, 0.3) is 0 Å². The molecule has 94 valence electrons. The Morgan fingerprint density at radius 2 is 2.12 bits per heavy atom. The van der Waals surface area contributed by atoms with Crippen LogP contribution in [0.15, 0.2) is 12.4 Å². The van der Waals surface area contributed by atoms with Crippen molar-refractivity contribution in [3.05, 3.63) is 18.1 Å². The molecule has 0 bridgehead atoms. The van der Waals surface area contributed by atoms with Crippen molar-refractivity contribution in [2.75, 3.05) is 18.0 Å². The number of carbonyl (C=O) groups is 1. The fraction of sp³-hybridized carbons (Fsp3) is 0.375. The van der Waals surface area contributed by atoms with Crippen molar-refractivity contribution < 1.29 is 18.0 Å². The Hall–Kier alpha value is -1.51. The fourth-order valence-electron chi connectivity index (χ4n) is 0.877. The van der Waals surface area contributed by atoms with Gasteiger partial charge in [0.05, 0.1) is 12.4 Å². The molecule has 0 unspecified atom stereocenters. The van der Waals surface area contributed by atoms with Crippen molar-refractivity contribution in [1.29, 1.82) is 0 Å². The number of alkyl halides is 3. The zero-order valence-electron chi connectivity index (χ0n) is 8.49. The Kier molecular flexibility index (Phi) is 4.55. The second-order valence-electron chi connectivity index (χ2n) is 2.88. The quantitative estimate of drug-likeness (QED) is 0.796. The molecular weight excluding hydrogens is 257 g/mol. The summed E-state index contributed by atoms with van der Waals surface area (Å²) >= 11 is -0.198. The van der Waals surface area contributed by atoms with Gasteiger partial charge in [0, 0.05) is 12.3 Å². The molecule has 1 rings (SSSR count). The molecule has 0 saturated heterocycles. The summed E-state index contributed by atoms with van der Waals surface area (Å²) in [6.45, 7) is -0.102. The second kappa shape index (κ2) is 5.71. The molecule has 17 heavy (non-hydrogen) atoms. The van der Waals surface area contributed by atoms with Crippen LogP contribution in [0.2, 0.25) is 0 Å². The smallest absolute Gasteiger partial charge is 0.382 e. The molecule has 0 radical (unpaired) electrons. The van der Waals surface area contributed by atoms with Gasteiger partial charge in [0.25, 0.3) is 5.91 Å². The van der Waals surface area contributed by atoms with Crippen LogP contribution in [-0.4, -0.2) is 33.7 Å². The Balaban J connectivity index is 2.33. The normalized spacial score (nSPS) is 11.2. The molecular formula is C8H9F3N4OS. The van der Waals surface area contributed by atoms with E-state index < -0.39 is 11.4 Å². The van der Waals surface area contributed by atoms with E-state index in [4.69, 9.17) is 5.73 Å². The number of carbonyl (C=O) groups excluding carboxylic acids is 1. The van der Waals surface area contributed by atoms with Gasteiger partial charge in [-0.3, -0.25) is 4.79 Å². The second-order valence-corrected chi connectivity index (χ2v) is 4.04. The summed E-state index contributed by atoms with van der Waals surface area (Å²) in [5.74, 6) is -0.674. The summed E-state index contributed by atoms with van der Waals surface area (Å²) in [5.41, 5.74) is 0.987. The van der Waals surface area contributed by atoms with E-state index in [2.05, 4.69) is 15.3 Å². The molecule has 9 heteroatoms. The number of nitrogens with zero attached hydrogens (tertiary/aromatic N) is 2. The van der Waals surface area contributed by atoms with Crippen molar-refractivity contribution in [1.82, 2.24) is 15.3 Å². The number of halogens is 3. The number of aromatic nitrogens is 2. The molecule has 1 aromatic rings. The van der Waals surface area contributed by atoms with E-state index in [1.807, 2.05) is 0 Å². The molecule has 3 N–H and O–H groups in total. The number of hydrogen-bond acceptors (Lipinski definition) is 5. The van der Waals surface area contributed by atoms with Gasteiger partial charge >= 0.3 is 5.51 Å². The SMILES string of the molecule is Nc1cnc(C(=O)NCCSC(F)(F)F)cn1. The standard InChI is InChI=1S/C8H9F3N4OS/c9-8(10,11)17-2-1-13-7(16)5-3-15-6(12)4-14-5/h3-4H,1-2H2,(H2,12,15)(H,13,16). The van der Waals surface area contributed by atoms with Gasteiger partial charge in [-0.15, -0.1) is 0 Å². The lowest BCUT2D eigenvalue weighted by molar-refractivity contribution is -0.0327. The third-order valence-electron chi connectivity index (χ3n) is 1.56. The van der Waals surface area contributed by atoms with Crippen LogP contribution >= 0.6 is 11.8 Å². The van der Waals surface area contributed by atoms with Crippen LogP contribution in [0.4, 0.5) is 19.0 Å². The molecule has 0 aliphatic carbocycles. The Labute approximate surface area is 99.0 Å². The molecule has 0 saturated carbocycles. The first-order valence-corrected chi connectivity index (χ1v) is 5.43. The molecule has 0 fully saturated rings. The van der Waals surface area contributed by atoms with Crippen molar-refractivity contribution in [2.24, 2.45) is 0 Å². The van der Waals surface area contributed by atoms with Crippen molar-refractivity contribution in [3.63, 3.8) is 0 Å². The number of hydrogen-bond donors (Lipinski definition) is 2. The average Bonchev–Trinajstić information content (AvgIpc) is 2.24. The molecule has 5 nitrogen and oxygen atoms in total. The summed E-state index contributed by atoms with van der Waals surface area (Å²) in [6, 6.07) is 0. The van der Waals surface area contributed by atoms with Crippen LogP contribution in [0.1, 0.15) is 10.5 Å². The Morgan fingerprint density at radius 3 is 2.65 bits per heavy atom. The molecule has 0 spiro atoms. The molecule has 0 aliphatic heterocycles. The van der Waals surface area contributed by atoms with Gasteiger partial charge < -0.3 is 11.1 Å². The minimum atomic E-state index is -4.29. The van der Waals surface area contributed by atoms with E-state index >= 15 is 0 Å². The summed E-state index contributed by atoms with van der Waals surface area (Å²) in [5, 5.41) is 2.29. The molecule has 0 atom stereocenters. The topological polar surface area (TPSA) is 80.9 Å². The summed E-state index contributed by atoms with van der Waals surface area (Å²) in [6.07, 6.45) is 2.35. The number of anilines is 1. The predicted molar refractivity (Wildman–Crippen MR) is 57.3 cm³/mol. The zero-order chi connectivity index (χ0) is 12.9. The van der Waals surface area contributed by atoms with Crippen molar-refractivity contribution >= 4 is 23.5 Å². The average molecular weight is 266 g/mol. The van der Waals surface area contributed by atoms with Gasteiger partial charge in [0.2, 0.25) is 0 Å². The number of nitrogens with one attached hydrogen (secondary N) is 1. The van der Waals surface area contributed by atoms with Crippen LogP contribution in [-0.2, 0) is 0 Å². The van der Waals surface area contributed by atoms with Gasteiger partial charge in [0.15, 0.2) is 0 Å². The lowest BCUT2D eigenvalue weighted by Gasteiger charge is -2.06. The highest BCUT2D eigenvalue weighted by atomic mass is 32.2. The van der Waals surface area contributed by atoms with Crippen LogP contribution in [0.3, 0.4) is 0 Å². The molecule has 1 aromatic heterocycles. The largest absolute Gasteiger partial charge is 0.441 e. The lowest BCUT2D eigenvalue weighted by Crippen LogP contribution is -2.27. The fourth-order valence-corrected chi connectivity index (χ4v) is 1.31. The first-order valence-electron chi connectivity index (χ1n) is 4.45. The summed E-state index contributed by atoms with van der Waals surface area (Å²) in [4.78, 5) is 18.6. The van der Waals surface area contributed by atoms with Gasteiger partial charge in [-0.2, -0.15) is 13.2 Å². The van der Waals surface area contributed by atoms with Crippen molar-refractivity contribution in [3.8, 4) is 0 Å². The maximum absolute atomic E-state index is 11.8. The van der Waals surface area contributed by atoms with E-state index in [9.17, 15) is 18.0 Å². The number of nitrogens with two attached hydrogens (primary N) is 1. The maximum atomic E-state index is 11.8. The summed E-state index contributed by atoms with van der Waals surface area (Å²) in [7, 11) is 0. The van der Waals surface area contributed by atoms with E-state index in [1.54, 1.807) is 0 Å². The first-order chi connectivity index (χ1) is 7.88. The van der Waals surface area contributed by atoms with Crippen molar-refractivity contribution in [2.45, 2.75) is 5.51 Å². The highest BCUT2D eigenvalue weighted by Gasteiger charge is 2.27. The Morgan fingerprint density at radius 1 is 1.41 bits per heavy atom. The van der Waals surface area contributed by atoms with E-state index in [-0.39, 0.29) is 35.6 Å². The van der Waals surface area contributed by atoms with E-state index in [0.717, 1.165) is 6.20 Å². The number of nitrogen functional groups attached to an aromatic ring is 1. The minimum absolute atomic E-state index is 0.0104. The summed E-state index contributed by atoms with van der Waals surface area (Å²) < 4.78 is 35.3. The molecule has 1 heterocycles. The highest BCUT2D eigenvalue weighted by Crippen LogP contribution is 2.29. The molecule has 0 aromatic carbocycles. The first kappa shape index (κ1) is 13.6. The number of amides is 1.